The van der Waals surface area contributed by atoms with Crippen LogP contribution in [-0.2, 0) is 16.9 Å². The predicted molar refractivity (Wildman–Crippen MR) is 109 cm³/mol. The Kier molecular flexibility index (Phi) is 5.22. The average Bonchev–Trinajstić information content (AvgIpc) is 3.06. The molecule has 2 aromatic rings. The van der Waals surface area contributed by atoms with Crippen LogP contribution in [0.25, 0.3) is 0 Å². The van der Waals surface area contributed by atoms with Gasteiger partial charge in [-0.05, 0) is 36.4 Å². The van der Waals surface area contributed by atoms with Crippen molar-refractivity contribution >= 4 is 38.5 Å². The number of anilines is 2. The van der Waals surface area contributed by atoms with Gasteiger partial charge < -0.3 is 0 Å². The van der Waals surface area contributed by atoms with Gasteiger partial charge in [-0.1, -0.05) is 12.1 Å². The second-order valence-corrected chi connectivity index (χ2v) is 13.3. The number of carbonyl (C=O) groups is 2. The molecule has 0 radical (unpaired) electrons. The number of rotatable bonds is 2. The van der Waals surface area contributed by atoms with Gasteiger partial charge in [0.1, 0.15) is 0 Å². The van der Waals surface area contributed by atoms with E-state index in [0.29, 0.717) is 12.1 Å². The van der Waals surface area contributed by atoms with Gasteiger partial charge in [0.25, 0.3) is 0 Å². The largest absolute Gasteiger partial charge is 0.416 e. The van der Waals surface area contributed by atoms with Crippen LogP contribution >= 0.6 is 15.0 Å². The number of hydrogen-bond donors (Lipinski definition) is 0. The maximum Gasteiger partial charge on any atom is 0.416 e. The number of nitrogens with zero attached hydrogens (tertiary/aromatic N) is 4. The molecule has 4 amide bonds. The maximum atomic E-state index is 13.9. The quantitative estimate of drug-likeness (QED) is 0.339. The molecule has 2 aliphatic heterocycles. The Morgan fingerprint density at radius 1 is 0.727 bits per heavy atom. The minimum atomic E-state index is -4.75. The highest BCUT2D eigenvalue weighted by Crippen LogP contribution is 2.89. The third-order valence-corrected chi connectivity index (χ3v) is 13.1. The average molecular weight is 510 g/mol. The number of halogens is 6. The minimum Gasteiger partial charge on any atom is -0.267 e. The third-order valence-electron chi connectivity index (χ3n) is 5.12. The number of hydrogen-bond acceptors (Lipinski definition) is 3. The van der Waals surface area contributed by atoms with Gasteiger partial charge in [0.05, 0.1) is 22.5 Å². The van der Waals surface area contributed by atoms with Gasteiger partial charge in [-0.3, -0.25) is 13.9 Å². The van der Waals surface area contributed by atoms with Crippen LogP contribution < -0.4 is 9.34 Å². The molecule has 176 valence electrons. The summed E-state index contributed by atoms with van der Waals surface area (Å²) in [5.41, 5.74) is -2.75. The van der Waals surface area contributed by atoms with E-state index >= 15 is 0 Å². The maximum absolute atomic E-state index is 13.9. The molecule has 0 N–H and O–H groups in total. The summed E-state index contributed by atoms with van der Waals surface area (Å²) in [5.74, 6) is 0. The molecule has 0 bridgehead atoms. The Balaban J connectivity index is 1.90. The number of urea groups is 2. The van der Waals surface area contributed by atoms with Crippen molar-refractivity contribution in [2.75, 3.05) is 23.4 Å². The molecular formula is C18H14F6N4O3P2. The van der Waals surface area contributed by atoms with Crippen LogP contribution in [0.3, 0.4) is 0 Å². The summed E-state index contributed by atoms with van der Waals surface area (Å²) >= 11 is 0. The number of fused-ring (bicyclic) bond motifs is 1. The molecule has 2 aromatic carbocycles. The van der Waals surface area contributed by atoms with E-state index in [1.807, 2.05) is 0 Å². The van der Waals surface area contributed by atoms with E-state index in [1.54, 1.807) is 0 Å². The standard InChI is InChI=1S/C18H14F6N4O3P2/c1-25-15(29)27(13-7-3-5-11(9-13)17(19,20)21)32-28(16(30)26(2)33(25,32)31)14-8-4-6-12(10-14)18(22,23)24/h3-10H,1-2H3. The summed E-state index contributed by atoms with van der Waals surface area (Å²) in [7, 11) is -4.37. The van der Waals surface area contributed by atoms with E-state index in [1.165, 1.54) is 12.1 Å². The first-order valence-electron chi connectivity index (χ1n) is 9.10. The summed E-state index contributed by atoms with van der Waals surface area (Å²) in [6, 6.07) is 5.42. The molecule has 2 heterocycles. The van der Waals surface area contributed by atoms with Gasteiger partial charge >= 0.3 is 31.5 Å². The molecule has 0 aliphatic carbocycles. The topological polar surface area (TPSA) is 64.2 Å². The molecule has 2 fully saturated rings. The fraction of sp³-hybridized carbons (Fsp3) is 0.222. The lowest BCUT2D eigenvalue weighted by molar-refractivity contribution is -0.138. The highest BCUT2D eigenvalue weighted by molar-refractivity contribution is 8.34. The molecule has 2 aliphatic rings. The van der Waals surface area contributed by atoms with Crippen molar-refractivity contribution < 1.29 is 40.5 Å². The Bertz CT molecular complexity index is 1120. The van der Waals surface area contributed by atoms with Crippen molar-refractivity contribution in [2.24, 2.45) is 0 Å². The van der Waals surface area contributed by atoms with Crippen LogP contribution in [0.15, 0.2) is 48.5 Å². The van der Waals surface area contributed by atoms with Gasteiger partial charge in [0, 0.05) is 14.1 Å². The van der Waals surface area contributed by atoms with Crippen LogP contribution in [-0.4, -0.2) is 35.5 Å². The second-order valence-electron chi connectivity index (χ2n) is 7.11. The highest BCUT2D eigenvalue weighted by Gasteiger charge is 2.67. The molecular weight excluding hydrogens is 496 g/mol. The number of carbonyl (C=O) groups excluding carboxylic acids is 2. The molecule has 0 atom stereocenters. The first-order valence-corrected chi connectivity index (χ1v) is 12.7. The van der Waals surface area contributed by atoms with Gasteiger partial charge in [-0.2, -0.15) is 26.3 Å². The molecule has 2 saturated heterocycles. The van der Waals surface area contributed by atoms with Crippen LogP contribution in [0.5, 0.6) is 0 Å². The number of amides is 4. The summed E-state index contributed by atoms with van der Waals surface area (Å²) in [6.07, 6.45) is -9.49. The smallest absolute Gasteiger partial charge is 0.267 e. The highest BCUT2D eigenvalue weighted by atomic mass is 32.1. The summed E-state index contributed by atoms with van der Waals surface area (Å²) < 4.78 is 96.5. The molecule has 33 heavy (non-hydrogen) atoms. The van der Waals surface area contributed by atoms with E-state index < -0.39 is 50.6 Å². The molecule has 0 spiro atoms. The normalized spacial score (nSPS) is 23.6. The van der Waals surface area contributed by atoms with Gasteiger partial charge in [-0.25, -0.2) is 18.9 Å². The fourth-order valence-electron chi connectivity index (χ4n) is 3.47. The summed E-state index contributed by atoms with van der Waals surface area (Å²) in [5, 5.41) is 0. The predicted octanol–water partition coefficient (Wildman–Crippen LogP) is 6.59. The first kappa shape index (κ1) is 23.4. The van der Waals surface area contributed by atoms with Gasteiger partial charge in [-0.15, -0.1) is 0 Å². The van der Waals surface area contributed by atoms with Crippen molar-refractivity contribution in [3.8, 4) is 0 Å². The molecule has 4 rings (SSSR count). The lowest BCUT2D eigenvalue weighted by Gasteiger charge is -2.28. The van der Waals surface area contributed by atoms with Crippen LogP contribution in [0, 0.1) is 0 Å². The number of alkyl halides is 6. The SMILES string of the molecule is CN1C(=O)N(c2cccc(C(F)(F)F)c2)P2N(c3cccc(C(F)(F)F)c3)C(=O)N(C)P12=O. The number of benzene rings is 2. The third kappa shape index (κ3) is 3.45. The molecule has 7 nitrogen and oxygen atoms in total. The Labute approximate surface area is 184 Å². The lowest BCUT2D eigenvalue weighted by Crippen LogP contribution is -2.37. The molecule has 0 aromatic heterocycles. The van der Waals surface area contributed by atoms with Gasteiger partial charge in [0.2, 0.25) is 7.91 Å². The van der Waals surface area contributed by atoms with Crippen molar-refractivity contribution in [1.82, 2.24) is 9.34 Å². The summed E-state index contributed by atoms with van der Waals surface area (Å²) in [6.45, 7) is 0. The van der Waals surface area contributed by atoms with Crippen molar-refractivity contribution in [3.05, 3.63) is 59.7 Å². The fourth-order valence-corrected chi connectivity index (χ4v) is 11.4. The van der Waals surface area contributed by atoms with Crippen LogP contribution in [0.2, 0.25) is 0 Å². The zero-order valence-corrected chi connectivity index (χ0v) is 18.6. The Hall–Kier alpha value is -2.78. The zero-order chi connectivity index (χ0) is 24.5. The molecule has 0 unspecified atom stereocenters. The minimum absolute atomic E-state index is 0.286. The van der Waals surface area contributed by atoms with Crippen LogP contribution in [0.1, 0.15) is 11.1 Å². The lowest BCUT2D eigenvalue weighted by atomic mass is 10.2. The summed E-state index contributed by atoms with van der Waals surface area (Å²) in [4.78, 5) is 26.0. The molecule has 15 heteroatoms. The van der Waals surface area contributed by atoms with Crippen LogP contribution in [0.4, 0.5) is 47.3 Å². The second kappa shape index (κ2) is 7.36. The van der Waals surface area contributed by atoms with E-state index in [4.69, 9.17) is 0 Å². The first-order chi connectivity index (χ1) is 15.2. The molecule has 0 saturated carbocycles. The van der Waals surface area contributed by atoms with Crippen molar-refractivity contribution in [3.63, 3.8) is 0 Å². The van der Waals surface area contributed by atoms with E-state index in [2.05, 4.69) is 0 Å². The Morgan fingerprint density at radius 2 is 1.09 bits per heavy atom. The monoisotopic (exact) mass is 510 g/mol. The van der Waals surface area contributed by atoms with Gasteiger partial charge in [0.15, 0.2) is 0 Å². The van der Waals surface area contributed by atoms with Crippen molar-refractivity contribution in [2.45, 2.75) is 12.4 Å². The van der Waals surface area contributed by atoms with E-state index in [9.17, 15) is 40.5 Å². The van der Waals surface area contributed by atoms with E-state index in [-0.39, 0.29) is 11.4 Å². The Morgan fingerprint density at radius 3 is 1.42 bits per heavy atom. The zero-order valence-electron chi connectivity index (χ0n) is 16.8. The van der Waals surface area contributed by atoms with E-state index in [0.717, 1.165) is 57.0 Å². The van der Waals surface area contributed by atoms with Crippen molar-refractivity contribution in [1.29, 1.82) is 0 Å².